The van der Waals surface area contributed by atoms with Crippen LogP contribution >= 0.6 is 11.6 Å². The highest BCUT2D eigenvalue weighted by Crippen LogP contribution is 2.19. The molecule has 25 heavy (non-hydrogen) atoms. The van der Waals surface area contributed by atoms with E-state index in [1.807, 2.05) is 6.07 Å². The summed E-state index contributed by atoms with van der Waals surface area (Å²) in [5.74, 6) is 0.0594. The van der Waals surface area contributed by atoms with Gasteiger partial charge < -0.3 is 9.64 Å². The fourth-order valence-corrected chi connectivity index (χ4v) is 3.00. The lowest BCUT2D eigenvalue weighted by Gasteiger charge is -2.34. The lowest BCUT2D eigenvalue weighted by molar-refractivity contribution is 0.0525. The van der Waals surface area contributed by atoms with Crippen molar-refractivity contribution in [3.63, 3.8) is 0 Å². The second-order valence-electron chi connectivity index (χ2n) is 5.84. The maximum absolute atomic E-state index is 11.8. The number of anilines is 1. The Balaban J connectivity index is 1.59. The van der Waals surface area contributed by atoms with Crippen molar-refractivity contribution < 1.29 is 9.53 Å². The quantitative estimate of drug-likeness (QED) is 0.603. The van der Waals surface area contributed by atoms with E-state index in [1.54, 1.807) is 6.92 Å². The average molecular weight is 361 g/mol. The van der Waals surface area contributed by atoms with E-state index in [2.05, 4.69) is 44.0 Å². The van der Waals surface area contributed by atoms with E-state index in [4.69, 9.17) is 16.3 Å². The van der Waals surface area contributed by atoms with Crippen LogP contribution in [0.2, 0.25) is 5.15 Å². The van der Waals surface area contributed by atoms with Crippen LogP contribution < -0.4 is 4.90 Å². The van der Waals surface area contributed by atoms with E-state index >= 15 is 0 Å². The van der Waals surface area contributed by atoms with Gasteiger partial charge in [0, 0.05) is 38.9 Å². The summed E-state index contributed by atoms with van der Waals surface area (Å²) in [6.07, 6.45) is 1.44. The number of hydrogen-bond donors (Lipinski definition) is 0. The fourth-order valence-electron chi connectivity index (χ4n) is 2.80. The summed E-state index contributed by atoms with van der Waals surface area (Å²) in [4.78, 5) is 24.8. The molecule has 2 heterocycles. The zero-order valence-electron chi connectivity index (χ0n) is 14.2. The summed E-state index contributed by atoms with van der Waals surface area (Å²) in [6.45, 7) is 6.48. The van der Waals surface area contributed by atoms with E-state index in [0.29, 0.717) is 12.6 Å². The van der Waals surface area contributed by atoms with Gasteiger partial charge in [-0.1, -0.05) is 41.9 Å². The average Bonchev–Trinajstić information content (AvgIpc) is 2.63. The highest BCUT2D eigenvalue weighted by Gasteiger charge is 2.21. The monoisotopic (exact) mass is 360 g/mol. The third kappa shape index (κ3) is 4.46. The molecule has 0 unspecified atom stereocenters. The van der Waals surface area contributed by atoms with Gasteiger partial charge in [-0.2, -0.15) is 0 Å². The van der Waals surface area contributed by atoms with Crippen LogP contribution in [0.5, 0.6) is 0 Å². The number of halogens is 1. The molecular weight excluding hydrogens is 340 g/mol. The third-order valence-electron chi connectivity index (χ3n) is 4.13. The lowest BCUT2D eigenvalue weighted by Crippen LogP contribution is -2.46. The van der Waals surface area contributed by atoms with Crippen molar-refractivity contribution >= 4 is 23.5 Å². The van der Waals surface area contributed by atoms with Crippen LogP contribution in [-0.4, -0.2) is 53.6 Å². The van der Waals surface area contributed by atoms with Crippen LogP contribution in [-0.2, 0) is 11.3 Å². The van der Waals surface area contributed by atoms with Gasteiger partial charge in [0.2, 0.25) is 5.95 Å². The first-order valence-corrected chi connectivity index (χ1v) is 8.76. The first kappa shape index (κ1) is 17.6. The number of carbonyl (C=O) groups excluding carboxylic acids is 1. The summed E-state index contributed by atoms with van der Waals surface area (Å²) in [5, 5.41) is 0.134. The van der Waals surface area contributed by atoms with Crippen LogP contribution in [0.25, 0.3) is 0 Å². The molecule has 6 nitrogen and oxygen atoms in total. The third-order valence-corrected chi connectivity index (χ3v) is 4.42. The Morgan fingerprint density at radius 3 is 2.56 bits per heavy atom. The molecule has 0 saturated carbocycles. The number of benzene rings is 1. The number of piperazine rings is 1. The Kier molecular flexibility index (Phi) is 5.83. The van der Waals surface area contributed by atoms with Crippen LogP contribution in [0.4, 0.5) is 5.95 Å². The van der Waals surface area contributed by atoms with Crippen LogP contribution in [0.3, 0.4) is 0 Å². The molecule has 0 atom stereocenters. The van der Waals surface area contributed by atoms with Gasteiger partial charge in [0.1, 0.15) is 10.7 Å². The zero-order valence-corrected chi connectivity index (χ0v) is 14.9. The predicted molar refractivity (Wildman–Crippen MR) is 96.9 cm³/mol. The Morgan fingerprint density at radius 2 is 1.92 bits per heavy atom. The molecule has 132 valence electrons. The largest absolute Gasteiger partial charge is 0.462 e. The maximum Gasteiger partial charge on any atom is 0.342 e. The Morgan fingerprint density at radius 1 is 1.20 bits per heavy atom. The second-order valence-corrected chi connectivity index (χ2v) is 6.20. The van der Waals surface area contributed by atoms with Crippen LogP contribution in [0.1, 0.15) is 22.8 Å². The summed E-state index contributed by atoms with van der Waals surface area (Å²) in [7, 11) is 0. The Labute approximate surface area is 152 Å². The molecule has 0 N–H and O–H groups in total. The summed E-state index contributed by atoms with van der Waals surface area (Å²) in [6, 6.07) is 10.4. The van der Waals surface area contributed by atoms with E-state index < -0.39 is 5.97 Å². The normalized spacial score (nSPS) is 15.2. The first-order valence-electron chi connectivity index (χ1n) is 8.38. The van der Waals surface area contributed by atoms with Crippen molar-refractivity contribution in [1.29, 1.82) is 0 Å². The van der Waals surface area contributed by atoms with Gasteiger partial charge in [-0.15, -0.1) is 0 Å². The minimum Gasteiger partial charge on any atom is -0.462 e. The molecule has 0 spiro atoms. The molecule has 1 fully saturated rings. The van der Waals surface area contributed by atoms with Crippen molar-refractivity contribution in [2.24, 2.45) is 0 Å². The molecule has 1 aromatic heterocycles. The molecule has 0 amide bonds. The number of aromatic nitrogens is 2. The standard InChI is InChI=1S/C18H21ClN4O2/c1-2-25-17(24)15-12-20-18(21-16(15)19)23-10-8-22(9-11-23)13-14-6-4-3-5-7-14/h3-7,12H,2,8-11,13H2,1H3. The van der Waals surface area contributed by atoms with Crippen molar-refractivity contribution in [3.05, 3.63) is 52.8 Å². The zero-order chi connectivity index (χ0) is 17.6. The summed E-state index contributed by atoms with van der Waals surface area (Å²) < 4.78 is 4.94. The van der Waals surface area contributed by atoms with Gasteiger partial charge in [-0.25, -0.2) is 14.8 Å². The molecule has 1 aliphatic rings. The van der Waals surface area contributed by atoms with Crippen molar-refractivity contribution in [2.45, 2.75) is 13.5 Å². The minimum absolute atomic E-state index is 0.134. The number of ether oxygens (including phenoxy) is 1. The molecule has 0 aliphatic carbocycles. The highest BCUT2D eigenvalue weighted by atomic mass is 35.5. The number of esters is 1. The fraction of sp³-hybridized carbons (Fsp3) is 0.389. The van der Waals surface area contributed by atoms with Crippen molar-refractivity contribution in [3.8, 4) is 0 Å². The van der Waals surface area contributed by atoms with Gasteiger partial charge in [0.25, 0.3) is 0 Å². The van der Waals surface area contributed by atoms with E-state index in [9.17, 15) is 4.79 Å². The molecule has 0 bridgehead atoms. The van der Waals surface area contributed by atoms with Gasteiger partial charge in [-0.3, -0.25) is 4.90 Å². The molecule has 1 aromatic carbocycles. The molecular formula is C18H21ClN4O2. The van der Waals surface area contributed by atoms with Crippen molar-refractivity contribution in [2.75, 3.05) is 37.7 Å². The van der Waals surface area contributed by atoms with Gasteiger partial charge in [-0.05, 0) is 12.5 Å². The predicted octanol–water partition coefficient (Wildman–Crippen LogP) is 2.63. The summed E-state index contributed by atoms with van der Waals surface area (Å²) in [5.41, 5.74) is 1.52. The number of nitrogens with zero attached hydrogens (tertiary/aromatic N) is 4. The van der Waals surface area contributed by atoms with Gasteiger partial charge >= 0.3 is 5.97 Å². The second kappa shape index (κ2) is 8.27. The topological polar surface area (TPSA) is 58.6 Å². The maximum atomic E-state index is 11.8. The molecule has 7 heteroatoms. The summed E-state index contributed by atoms with van der Waals surface area (Å²) >= 11 is 6.13. The van der Waals surface area contributed by atoms with E-state index in [1.165, 1.54) is 11.8 Å². The van der Waals surface area contributed by atoms with Crippen molar-refractivity contribution in [1.82, 2.24) is 14.9 Å². The number of rotatable bonds is 5. The first-order chi connectivity index (χ1) is 12.2. The lowest BCUT2D eigenvalue weighted by atomic mass is 10.2. The number of hydrogen-bond acceptors (Lipinski definition) is 6. The van der Waals surface area contributed by atoms with E-state index in [0.717, 1.165) is 32.7 Å². The van der Waals surface area contributed by atoms with Crippen LogP contribution in [0, 0.1) is 0 Å². The van der Waals surface area contributed by atoms with Gasteiger partial charge in [0.15, 0.2) is 0 Å². The highest BCUT2D eigenvalue weighted by molar-refractivity contribution is 6.32. The molecule has 1 saturated heterocycles. The Hall–Kier alpha value is -2.18. The molecule has 2 aromatic rings. The Bertz CT molecular complexity index is 718. The smallest absolute Gasteiger partial charge is 0.342 e. The van der Waals surface area contributed by atoms with Crippen LogP contribution in [0.15, 0.2) is 36.5 Å². The van der Waals surface area contributed by atoms with E-state index in [-0.39, 0.29) is 10.7 Å². The minimum atomic E-state index is -0.494. The molecule has 3 rings (SSSR count). The SMILES string of the molecule is CCOC(=O)c1cnc(N2CCN(Cc3ccccc3)CC2)nc1Cl. The molecule has 0 radical (unpaired) electrons. The van der Waals surface area contributed by atoms with Gasteiger partial charge in [0.05, 0.1) is 6.61 Å². The molecule has 1 aliphatic heterocycles. The number of carbonyl (C=O) groups is 1.